The first-order chi connectivity index (χ1) is 15.7. The summed E-state index contributed by atoms with van der Waals surface area (Å²) in [6.07, 6.45) is 3.25. The molecule has 1 aromatic carbocycles. The molecular weight excluding hydrogens is 430 g/mol. The average Bonchev–Trinajstić information content (AvgIpc) is 3.39. The Morgan fingerprint density at radius 3 is 2.73 bits per heavy atom. The molecule has 1 saturated heterocycles. The summed E-state index contributed by atoms with van der Waals surface area (Å²) in [5.74, 6) is -0.929. The quantitative estimate of drug-likeness (QED) is 0.486. The van der Waals surface area contributed by atoms with E-state index in [1.807, 2.05) is 20.0 Å². The Balaban J connectivity index is 1.50. The summed E-state index contributed by atoms with van der Waals surface area (Å²) in [5, 5.41) is 19.3. The number of rotatable bonds is 4. The highest BCUT2D eigenvalue weighted by molar-refractivity contribution is 5.92. The van der Waals surface area contributed by atoms with Crippen LogP contribution in [-0.4, -0.2) is 53.7 Å². The first-order valence-corrected chi connectivity index (χ1v) is 11.0. The zero-order valence-corrected chi connectivity index (χ0v) is 18.7. The molecule has 1 unspecified atom stereocenters. The van der Waals surface area contributed by atoms with Crippen LogP contribution in [0.1, 0.15) is 50.2 Å². The molecule has 1 aliphatic heterocycles. The van der Waals surface area contributed by atoms with Gasteiger partial charge in [0.25, 0.3) is 0 Å². The van der Waals surface area contributed by atoms with Crippen LogP contribution in [-0.2, 0) is 0 Å². The lowest BCUT2D eigenvalue weighted by molar-refractivity contribution is 0.132. The molecule has 11 heteroatoms. The third-order valence-corrected chi connectivity index (χ3v) is 6.47. The number of hydrogen-bond acceptors (Lipinski definition) is 7. The van der Waals surface area contributed by atoms with Crippen LogP contribution in [0.2, 0.25) is 0 Å². The number of aliphatic hydroxyl groups excluding tert-OH is 1. The van der Waals surface area contributed by atoms with Crippen LogP contribution >= 0.6 is 0 Å². The third-order valence-electron chi connectivity index (χ3n) is 6.47. The molecule has 4 heterocycles. The van der Waals surface area contributed by atoms with Gasteiger partial charge >= 0.3 is 0 Å². The molecule has 0 spiro atoms. The second-order valence-electron chi connectivity index (χ2n) is 8.81. The van der Waals surface area contributed by atoms with Gasteiger partial charge in [0, 0.05) is 31.3 Å². The van der Waals surface area contributed by atoms with Gasteiger partial charge in [0.1, 0.15) is 11.3 Å². The number of nitrogens with zero attached hydrogens (tertiary/aromatic N) is 7. The Morgan fingerprint density at radius 2 is 1.97 bits per heavy atom. The minimum Gasteiger partial charge on any atom is -0.391 e. The summed E-state index contributed by atoms with van der Waals surface area (Å²) in [6, 6.07) is 1.85. The van der Waals surface area contributed by atoms with Gasteiger partial charge < -0.3 is 15.7 Å². The molecule has 0 amide bonds. The number of fused-ring (bicyclic) bond motifs is 3. The number of benzene rings is 1. The van der Waals surface area contributed by atoms with E-state index in [1.54, 1.807) is 11.6 Å². The van der Waals surface area contributed by atoms with E-state index in [4.69, 9.17) is 5.73 Å². The summed E-state index contributed by atoms with van der Waals surface area (Å²) in [4.78, 5) is 10.9. The number of aryl methyl sites for hydroxylation is 1. The second kappa shape index (κ2) is 7.91. The molecule has 9 nitrogen and oxygen atoms in total. The predicted octanol–water partition coefficient (Wildman–Crippen LogP) is 2.97. The van der Waals surface area contributed by atoms with Gasteiger partial charge in [-0.25, -0.2) is 18.7 Å². The van der Waals surface area contributed by atoms with Gasteiger partial charge in [-0.3, -0.25) is 4.68 Å². The highest BCUT2D eigenvalue weighted by Gasteiger charge is 2.28. The van der Waals surface area contributed by atoms with Crippen molar-refractivity contribution in [2.75, 3.05) is 23.7 Å². The summed E-state index contributed by atoms with van der Waals surface area (Å²) in [7, 11) is 0. The van der Waals surface area contributed by atoms with Crippen molar-refractivity contribution in [3.8, 4) is 0 Å². The fourth-order valence-electron chi connectivity index (χ4n) is 4.47. The van der Waals surface area contributed by atoms with Crippen LogP contribution < -0.4 is 10.6 Å². The molecule has 3 aromatic heterocycles. The SMILES string of the molecule is Cc1nn([C@H](C)[C@@H](C)O)cc1N1CCCC(c2nc3c4cc(F)cc(F)c4nc(N)n3n2)C1. The van der Waals surface area contributed by atoms with E-state index in [1.165, 1.54) is 10.6 Å². The summed E-state index contributed by atoms with van der Waals surface area (Å²) in [6.45, 7) is 7.15. The van der Waals surface area contributed by atoms with Gasteiger partial charge in [-0.15, -0.1) is 5.10 Å². The highest BCUT2D eigenvalue weighted by atomic mass is 19.1. The predicted molar refractivity (Wildman–Crippen MR) is 120 cm³/mol. The lowest BCUT2D eigenvalue weighted by Gasteiger charge is -2.32. The van der Waals surface area contributed by atoms with Crippen molar-refractivity contribution in [1.29, 1.82) is 0 Å². The molecule has 4 aromatic rings. The molecule has 0 aliphatic carbocycles. The van der Waals surface area contributed by atoms with Crippen molar-refractivity contribution in [2.45, 2.75) is 51.7 Å². The van der Waals surface area contributed by atoms with Crippen LogP contribution in [0.5, 0.6) is 0 Å². The number of anilines is 2. The number of aromatic nitrogens is 6. The van der Waals surface area contributed by atoms with Crippen LogP contribution in [0.3, 0.4) is 0 Å². The van der Waals surface area contributed by atoms with E-state index in [9.17, 15) is 13.9 Å². The summed E-state index contributed by atoms with van der Waals surface area (Å²) >= 11 is 0. The van der Waals surface area contributed by atoms with Gasteiger partial charge in [0.2, 0.25) is 5.95 Å². The van der Waals surface area contributed by atoms with Crippen LogP contribution in [0.15, 0.2) is 18.3 Å². The largest absolute Gasteiger partial charge is 0.391 e. The van der Waals surface area contributed by atoms with Crippen molar-refractivity contribution in [2.24, 2.45) is 0 Å². The number of nitrogens with two attached hydrogens (primary N) is 1. The monoisotopic (exact) mass is 456 g/mol. The van der Waals surface area contributed by atoms with E-state index in [-0.39, 0.29) is 34.5 Å². The van der Waals surface area contributed by atoms with Crippen molar-refractivity contribution in [1.82, 2.24) is 29.4 Å². The van der Waals surface area contributed by atoms with E-state index >= 15 is 0 Å². The van der Waals surface area contributed by atoms with Gasteiger partial charge in [-0.1, -0.05) is 0 Å². The Bertz CT molecular complexity index is 1350. The lowest BCUT2D eigenvalue weighted by atomic mass is 9.97. The molecule has 1 aliphatic rings. The van der Waals surface area contributed by atoms with Crippen LogP contribution in [0.4, 0.5) is 20.4 Å². The number of halogens is 2. The van der Waals surface area contributed by atoms with E-state index in [0.717, 1.165) is 36.8 Å². The highest BCUT2D eigenvalue weighted by Crippen LogP contribution is 2.32. The fourth-order valence-corrected chi connectivity index (χ4v) is 4.47. The third kappa shape index (κ3) is 3.65. The standard InChI is InChI=1S/C22H26F2N8O/c1-11-18(10-31(28-11)12(2)13(3)33)30-6-4-5-14(9-30)20-27-21-16-7-15(23)8-17(24)19(16)26-22(25)32(21)29-20/h7-8,10,12-14,33H,4-6,9H2,1-3H3,(H2,25,26)/t12-,13-,14?/m1/s1. The molecular formula is C22H26F2N8O. The van der Waals surface area contributed by atoms with E-state index < -0.39 is 17.7 Å². The minimum absolute atomic E-state index is 0.00124. The minimum atomic E-state index is -0.786. The number of aliphatic hydroxyl groups is 1. The van der Waals surface area contributed by atoms with Gasteiger partial charge in [0.05, 0.1) is 28.9 Å². The maximum absolute atomic E-state index is 14.3. The van der Waals surface area contributed by atoms with Crippen LogP contribution in [0, 0.1) is 18.6 Å². The Labute approximate surface area is 188 Å². The zero-order valence-electron chi connectivity index (χ0n) is 18.7. The van der Waals surface area contributed by atoms with Gasteiger partial charge in [-0.05, 0) is 39.7 Å². The first kappa shape index (κ1) is 21.5. The average molecular weight is 457 g/mol. The zero-order chi connectivity index (χ0) is 23.4. The Morgan fingerprint density at radius 1 is 1.18 bits per heavy atom. The molecule has 33 heavy (non-hydrogen) atoms. The van der Waals surface area contributed by atoms with Crippen molar-refractivity contribution in [3.05, 3.63) is 41.5 Å². The number of piperidine rings is 1. The summed E-state index contributed by atoms with van der Waals surface area (Å²) < 4.78 is 31.3. The molecule has 174 valence electrons. The topological polar surface area (TPSA) is 110 Å². The maximum atomic E-state index is 14.3. The Hall–Kier alpha value is -3.34. The first-order valence-electron chi connectivity index (χ1n) is 11.0. The lowest BCUT2D eigenvalue weighted by Crippen LogP contribution is -2.35. The fraction of sp³-hybridized carbons (Fsp3) is 0.455. The molecule has 3 atom stereocenters. The normalized spacial score (nSPS) is 18.8. The Kier molecular flexibility index (Phi) is 5.15. The summed E-state index contributed by atoms with van der Waals surface area (Å²) in [5.41, 5.74) is 8.17. The number of hydrogen-bond donors (Lipinski definition) is 2. The van der Waals surface area contributed by atoms with E-state index in [0.29, 0.717) is 12.4 Å². The van der Waals surface area contributed by atoms with Crippen molar-refractivity contribution < 1.29 is 13.9 Å². The number of nitrogen functional groups attached to an aromatic ring is 1. The van der Waals surface area contributed by atoms with Gasteiger partial charge in [-0.2, -0.15) is 9.61 Å². The molecule has 3 N–H and O–H groups in total. The molecule has 1 fully saturated rings. The second-order valence-corrected chi connectivity index (χ2v) is 8.81. The molecule has 0 saturated carbocycles. The van der Waals surface area contributed by atoms with Gasteiger partial charge in [0.15, 0.2) is 17.3 Å². The van der Waals surface area contributed by atoms with Crippen LogP contribution in [0.25, 0.3) is 16.6 Å². The van der Waals surface area contributed by atoms with E-state index in [2.05, 4.69) is 25.1 Å². The molecule has 5 rings (SSSR count). The molecule has 0 radical (unpaired) electrons. The molecule has 0 bridgehead atoms. The smallest absolute Gasteiger partial charge is 0.223 e. The van der Waals surface area contributed by atoms with Crippen molar-refractivity contribution in [3.63, 3.8) is 0 Å². The maximum Gasteiger partial charge on any atom is 0.223 e. The van der Waals surface area contributed by atoms with Crippen molar-refractivity contribution >= 4 is 28.2 Å².